The molecule has 0 aliphatic carbocycles. The van der Waals surface area contributed by atoms with Gasteiger partial charge in [0, 0.05) is 18.7 Å². The van der Waals surface area contributed by atoms with Crippen LogP contribution in [0.1, 0.15) is 44.0 Å². The van der Waals surface area contributed by atoms with E-state index in [-0.39, 0.29) is 18.5 Å². The van der Waals surface area contributed by atoms with Gasteiger partial charge in [0.1, 0.15) is 5.15 Å². The number of rotatable bonds is 4. The summed E-state index contributed by atoms with van der Waals surface area (Å²) < 4.78 is 1.85. The zero-order valence-electron chi connectivity index (χ0n) is 12.4. The predicted molar refractivity (Wildman–Crippen MR) is 79.6 cm³/mol. The van der Waals surface area contributed by atoms with Gasteiger partial charge < -0.3 is 10.6 Å². The number of carbonyl (C=O) groups excluding carboxylic acids is 1. The number of hydrogen-bond donors (Lipinski definition) is 1. The van der Waals surface area contributed by atoms with Gasteiger partial charge >= 0.3 is 0 Å². The third-order valence-corrected chi connectivity index (χ3v) is 4.13. The molecule has 20 heavy (non-hydrogen) atoms. The summed E-state index contributed by atoms with van der Waals surface area (Å²) in [5, 5.41) is 5.19. The van der Waals surface area contributed by atoms with E-state index in [9.17, 15) is 4.79 Å². The number of nitrogens with zero attached hydrogens (tertiary/aromatic N) is 3. The van der Waals surface area contributed by atoms with Crippen LogP contribution < -0.4 is 5.73 Å². The Labute approximate surface area is 125 Å². The highest BCUT2D eigenvalue weighted by Crippen LogP contribution is 2.37. The average molecular weight is 299 g/mol. The normalized spacial score (nSPS) is 19.1. The lowest BCUT2D eigenvalue weighted by Crippen LogP contribution is -2.35. The Morgan fingerprint density at radius 1 is 1.55 bits per heavy atom. The molecule has 0 aromatic carbocycles. The molecule has 6 heteroatoms. The largest absolute Gasteiger partial charge is 0.334 e. The van der Waals surface area contributed by atoms with E-state index in [4.69, 9.17) is 17.3 Å². The summed E-state index contributed by atoms with van der Waals surface area (Å²) in [6.07, 6.45) is 1.92. The highest BCUT2D eigenvalue weighted by atomic mass is 35.5. The predicted octanol–water partition coefficient (Wildman–Crippen LogP) is 2.12. The smallest absolute Gasteiger partial charge is 0.236 e. The minimum Gasteiger partial charge on any atom is -0.334 e. The molecule has 2 rings (SSSR count). The maximum absolute atomic E-state index is 11.9. The molecule has 0 unspecified atom stereocenters. The van der Waals surface area contributed by atoms with Crippen molar-refractivity contribution in [1.29, 1.82) is 0 Å². The van der Waals surface area contributed by atoms with Gasteiger partial charge in [0.15, 0.2) is 0 Å². The first kappa shape index (κ1) is 15.3. The second-order valence-corrected chi connectivity index (χ2v) is 6.17. The maximum Gasteiger partial charge on any atom is 0.236 e. The van der Waals surface area contributed by atoms with E-state index in [0.29, 0.717) is 11.1 Å². The molecule has 2 heterocycles. The fourth-order valence-corrected chi connectivity index (χ4v) is 3.26. The minimum absolute atomic E-state index is 0.0143. The zero-order valence-corrected chi connectivity index (χ0v) is 13.2. The van der Waals surface area contributed by atoms with Crippen LogP contribution in [0.5, 0.6) is 0 Å². The van der Waals surface area contributed by atoms with Crippen molar-refractivity contribution in [2.45, 2.75) is 46.2 Å². The molecule has 1 aliphatic heterocycles. The van der Waals surface area contributed by atoms with E-state index in [1.807, 2.05) is 16.5 Å². The molecule has 1 atom stereocenters. The lowest BCUT2D eigenvalue weighted by molar-refractivity contribution is -0.130. The Hall–Kier alpha value is -1.07. The Morgan fingerprint density at radius 3 is 2.85 bits per heavy atom. The van der Waals surface area contributed by atoms with Gasteiger partial charge in [-0.25, -0.2) is 0 Å². The molecular weight excluding hydrogens is 276 g/mol. The summed E-state index contributed by atoms with van der Waals surface area (Å²) in [5.41, 5.74) is 7.40. The molecule has 0 saturated carbocycles. The van der Waals surface area contributed by atoms with E-state index < -0.39 is 0 Å². The maximum atomic E-state index is 11.9. The van der Waals surface area contributed by atoms with E-state index in [0.717, 1.165) is 37.2 Å². The summed E-state index contributed by atoms with van der Waals surface area (Å²) in [6.45, 7) is 7.82. The third kappa shape index (κ3) is 2.83. The van der Waals surface area contributed by atoms with Crippen molar-refractivity contribution >= 4 is 17.5 Å². The first-order chi connectivity index (χ1) is 9.45. The number of hydrogen-bond acceptors (Lipinski definition) is 3. The number of amides is 1. The molecule has 1 saturated heterocycles. The molecule has 1 fully saturated rings. The fourth-order valence-electron chi connectivity index (χ4n) is 2.90. The van der Waals surface area contributed by atoms with Crippen molar-refractivity contribution in [2.75, 3.05) is 13.1 Å². The average Bonchev–Trinajstić information content (AvgIpc) is 2.94. The van der Waals surface area contributed by atoms with Gasteiger partial charge in [-0.05, 0) is 25.7 Å². The van der Waals surface area contributed by atoms with Crippen molar-refractivity contribution in [1.82, 2.24) is 14.7 Å². The Morgan fingerprint density at radius 2 is 2.25 bits per heavy atom. The standard InChI is InChI=1S/C14H23ClN4O/c1-9(2)8-19-14(15)13(10(3)17-19)11-5-4-6-18(11)12(20)7-16/h9,11H,4-8,16H2,1-3H3/t11-/m1/s1. The number of halogens is 1. The molecule has 5 nitrogen and oxygen atoms in total. The number of carbonyl (C=O) groups is 1. The van der Waals surface area contributed by atoms with Crippen LogP contribution in [-0.2, 0) is 11.3 Å². The quantitative estimate of drug-likeness (QED) is 0.926. The van der Waals surface area contributed by atoms with Gasteiger partial charge in [0.2, 0.25) is 5.91 Å². The SMILES string of the molecule is Cc1nn(CC(C)C)c(Cl)c1[C@H]1CCCN1C(=O)CN. The van der Waals surface area contributed by atoms with Crippen molar-refractivity contribution < 1.29 is 4.79 Å². The van der Waals surface area contributed by atoms with Crippen LogP contribution in [0.3, 0.4) is 0 Å². The molecule has 2 N–H and O–H groups in total. The summed E-state index contributed by atoms with van der Waals surface area (Å²) in [6, 6.07) is 0.0273. The van der Waals surface area contributed by atoms with E-state index in [2.05, 4.69) is 18.9 Å². The molecule has 1 aromatic rings. The Kier molecular flexibility index (Phi) is 4.70. The number of aromatic nitrogens is 2. The molecular formula is C14H23ClN4O. The van der Waals surface area contributed by atoms with E-state index in [1.165, 1.54) is 0 Å². The highest BCUT2D eigenvalue weighted by Gasteiger charge is 2.33. The van der Waals surface area contributed by atoms with Crippen molar-refractivity contribution in [2.24, 2.45) is 11.7 Å². The van der Waals surface area contributed by atoms with Crippen LogP contribution in [0.25, 0.3) is 0 Å². The number of likely N-dealkylation sites (tertiary alicyclic amines) is 1. The number of aryl methyl sites for hydroxylation is 1. The third-order valence-electron chi connectivity index (χ3n) is 3.73. The van der Waals surface area contributed by atoms with Crippen LogP contribution in [0, 0.1) is 12.8 Å². The van der Waals surface area contributed by atoms with Gasteiger partial charge in [-0.3, -0.25) is 9.48 Å². The second-order valence-electron chi connectivity index (χ2n) is 5.82. The first-order valence-corrected chi connectivity index (χ1v) is 7.55. The van der Waals surface area contributed by atoms with Crippen molar-refractivity contribution in [3.8, 4) is 0 Å². The highest BCUT2D eigenvalue weighted by molar-refractivity contribution is 6.30. The van der Waals surface area contributed by atoms with Crippen LogP contribution in [-0.4, -0.2) is 33.7 Å². The molecule has 1 aromatic heterocycles. The zero-order chi connectivity index (χ0) is 14.9. The molecule has 112 valence electrons. The summed E-state index contributed by atoms with van der Waals surface area (Å²) in [4.78, 5) is 13.8. The molecule has 0 spiro atoms. The summed E-state index contributed by atoms with van der Waals surface area (Å²) in [5.74, 6) is 0.463. The second kappa shape index (κ2) is 6.14. The van der Waals surface area contributed by atoms with E-state index in [1.54, 1.807) is 0 Å². The Bertz CT molecular complexity index is 498. The monoisotopic (exact) mass is 298 g/mol. The fraction of sp³-hybridized carbons (Fsp3) is 0.714. The summed E-state index contributed by atoms with van der Waals surface area (Å²) in [7, 11) is 0. The molecule has 1 aliphatic rings. The topological polar surface area (TPSA) is 64.2 Å². The first-order valence-electron chi connectivity index (χ1n) is 7.18. The van der Waals surface area contributed by atoms with E-state index >= 15 is 0 Å². The van der Waals surface area contributed by atoms with Crippen LogP contribution in [0.15, 0.2) is 0 Å². The lowest BCUT2D eigenvalue weighted by atomic mass is 10.1. The summed E-state index contributed by atoms with van der Waals surface area (Å²) >= 11 is 6.50. The minimum atomic E-state index is -0.0143. The van der Waals surface area contributed by atoms with Crippen LogP contribution in [0.2, 0.25) is 5.15 Å². The van der Waals surface area contributed by atoms with Crippen molar-refractivity contribution in [3.05, 3.63) is 16.4 Å². The van der Waals surface area contributed by atoms with Crippen molar-refractivity contribution in [3.63, 3.8) is 0 Å². The van der Waals surface area contributed by atoms with Gasteiger partial charge in [0.05, 0.1) is 18.3 Å². The van der Waals surface area contributed by atoms with Crippen LogP contribution >= 0.6 is 11.6 Å². The molecule has 1 amide bonds. The van der Waals surface area contributed by atoms with Gasteiger partial charge in [-0.1, -0.05) is 25.4 Å². The Balaban J connectivity index is 2.32. The number of nitrogens with two attached hydrogens (primary N) is 1. The van der Waals surface area contributed by atoms with Gasteiger partial charge in [-0.2, -0.15) is 5.10 Å². The molecule has 0 bridgehead atoms. The van der Waals surface area contributed by atoms with Gasteiger partial charge in [0.25, 0.3) is 0 Å². The van der Waals surface area contributed by atoms with Gasteiger partial charge in [-0.15, -0.1) is 0 Å². The molecule has 0 radical (unpaired) electrons. The van der Waals surface area contributed by atoms with Crippen LogP contribution in [0.4, 0.5) is 0 Å². The lowest BCUT2D eigenvalue weighted by Gasteiger charge is -2.24.